The lowest BCUT2D eigenvalue weighted by Gasteiger charge is -2.36. The molecule has 0 aliphatic carbocycles. The number of anilines is 1. The van der Waals surface area contributed by atoms with Gasteiger partial charge in [-0.05, 0) is 55.9 Å². The Bertz CT molecular complexity index is 1180. The minimum atomic E-state index is -3.92. The molecule has 10 heteroatoms. The maximum absolute atomic E-state index is 13.8. The molecule has 4 rings (SSSR count). The summed E-state index contributed by atoms with van der Waals surface area (Å²) in [7, 11) is -3.92. The molecular weight excluding hydrogens is 437 g/mol. The zero-order valence-corrected chi connectivity index (χ0v) is 18.5. The van der Waals surface area contributed by atoms with Gasteiger partial charge in [-0.2, -0.15) is 4.31 Å². The molecule has 2 aliphatic rings. The predicted molar refractivity (Wildman–Crippen MR) is 116 cm³/mol. The third kappa shape index (κ3) is 4.12. The van der Waals surface area contributed by atoms with Crippen LogP contribution in [0, 0.1) is 28.8 Å². The molecule has 1 saturated heterocycles. The Labute approximate surface area is 185 Å². The van der Waals surface area contributed by atoms with Gasteiger partial charge in [-0.25, -0.2) is 12.8 Å². The van der Waals surface area contributed by atoms with Crippen molar-refractivity contribution >= 4 is 27.3 Å². The second-order valence-corrected chi connectivity index (χ2v) is 10.2. The molecule has 170 valence electrons. The Kier molecular flexibility index (Phi) is 6.00. The van der Waals surface area contributed by atoms with Crippen LogP contribution in [0.25, 0.3) is 0 Å². The van der Waals surface area contributed by atoms with Crippen LogP contribution < -0.4 is 4.90 Å². The topological polar surface area (TPSA) is 101 Å². The number of halogens is 1. The summed E-state index contributed by atoms with van der Waals surface area (Å²) >= 11 is 0. The van der Waals surface area contributed by atoms with Crippen molar-refractivity contribution in [2.45, 2.75) is 37.5 Å². The Morgan fingerprint density at radius 3 is 2.53 bits per heavy atom. The van der Waals surface area contributed by atoms with E-state index in [9.17, 15) is 27.7 Å². The number of carbonyl (C=O) groups excluding carboxylic acids is 1. The van der Waals surface area contributed by atoms with Gasteiger partial charge in [0.25, 0.3) is 5.69 Å². The zero-order valence-electron chi connectivity index (χ0n) is 17.7. The summed E-state index contributed by atoms with van der Waals surface area (Å²) < 4.78 is 41.3. The van der Waals surface area contributed by atoms with Gasteiger partial charge >= 0.3 is 0 Å². The van der Waals surface area contributed by atoms with E-state index >= 15 is 0 Å². The number of non-ortho nitro benzene ring substituents is 1. The van der Waals surface area contributed by atoms with Crippen LogP contribution in [-0.2, 0) is 21.2 Å². The fraction of sp³-hybridized carbons (Fsp3) is 0.409. The fourth-order valence-corrected chi connectivity index (χ4v) is 6.17. The monoisotopic (exact) mass is 461 g/mol. The SMILES string of the molecule is Cc1ccc([N+](=O)[O-])cc1S(=O)(=O)N1CCC(C(=O)N2CCCc3ccc(F)cc32)CC1. The zero-order chi connectivity index (χ0) is 23.0. The van der Waals surface area contributed by atoms with Crippen molar-refractivity contribution in [3.05, 3.63) is 63.5 Å². The van der Waals surface area contributed by atoms with Crippen LogP contribution in [0.3, 0.4) is 0 Å². The number of sulfonamides is 1. The van der Waals surface area contributed by atoms with Gasteiger partial charge in [0.15, 0.2) is 0 Å². The van der Waals surface area contributed by atoms with Crippen LogP contribution in [-0.4, -0.2) is 43.2 Å². The molecule has 8 nitrogen and oxygen atoms in total. The third-order valence-corrected chi connectivity index (χ3v) is 8.28. The number of fused-ring (bicyclic) bond motifs is 1. The number of hydrogen-bond donors (Lipinski definition) is 0. The maximum atomic E-state index is 13.8. The summed E-state index contributed by atoms with van der Waals surface area (Å²) in [4.78, 5) is 25.2. The number of nitrogens with zero attached hydrogens (tertiary/aromatic N) is 3. The first-order valence-electron chi connectivity index (χ1n) is 10.5. The maximum Gasteiger partial charge on any atom is 0.270 e. The normalized spacial score (nSPS) is 17.8. The van der Waals surface area contributed by atoms with E-state index in [1.807, 2.05) is 0 Å². The molecular formula is C22H24FN3O5S. The highest BCUT2D eigenvalue weighted by Crippen LogP contribution is 2.33. The molecule has 0 N–H and O–H groups in total. The van der Waals surface area contributed by atoms with Gasteiger partial charge in [-0.1, -0.05) is 12.1 Å². The summed E-state index contributed by atoms with van der Waals surface area (Å²) in [6, 6.07) is 8.28. The molecule has 0 radical (unpaired) electrons. The molecule has 1 fully saturated rings. The Hall–Kier alpha value is -2.85. The number of rotatable bonds is 4. The van der Waals surface area contributed by atoms with Crippen LogP contribution in [0.4, 0.5) is 15.8 Å². The van der Waals surface area contributed by atoms with Gasteiger partial charge in [-0.15, -0.1) is 0 Å². The highest BCUT2D eigenvalue weighted by atomic mass is 32.2. The second kappa shape index (κ2) is 8.59. The molecule has 2 aromatic rings. The van der Waals surface area contributed by atoms with Gasteiger partial charge in [-0.3, -0.25) is 14.9 Å². The number of hydrogen-bond acceptors (Lipinski definition) is 5. The van der Waals surface area contributed by atoms with E-state index in [0.29, 0.717) is 30.6 Å². The molecule has 2 aliphatic heterocycles. The van der Waals surface area contributed by atoms with Crippen molar-refractivity contribution in [2.24, 2.45) is 5.92 Å². The van der Waals surface area contributed by atoms with Crippen molar-refractivity contribution in [3.8, 4) is 0 Å². The van der Waals surface area contributed by atoms with Crippen LogP contribution in [0.2, 0.25) is 0 Å². The third-order valence-electron chi connectivity index (χ3n) is 6.24. The van der Waals surface area contributed by atoms with Gasteiger partial charge in [0.1, 0.15) is 5.82 Å². The summed E-state index contributed by atoms with van der Waals surface area (Å²) in [5, 5.41) is 11.1. The first kappa shape index (κ1) is 22.3. The Balaban J connectivity index is 1.49. The quantitative estimate of drug-likeness (QED) is 0.513. The Morgan fingerprint density at radius 1 is 1.12 bits per heavy atom. The number of aryl methyl sites for hydroxylation is 2. The first-order chi connectivity index (χ1) is 15.2. The molecule has 0 atom stereocenters. The average Bonchev–Trinajstić information content (AvgIpc) is 2.78. The van der Waals surface area contributed by atoms with Crippen LogP contribution in [0.1, 0.15) is 30.4 Å². The smallest absolute Gasteiger partial charge is 0.270 e. The summed E-state index contributed by atoms with van der Waals surface area (Å²) in [5.41, 5.74) is 1.69. The number of amides is 1. The molecule has 32 heavy (non-hydrogen) atoms. The first-order valence-corrected chi connectivity index (χ1v) is 12.0. The minimum absolute atomic E-state index is 0.0862. The van der Waals surface area contributed by atoms with Crippen molar-refractivity contribution in [3.63, 3.8) is 0 Å². The number of nitro groups is 1. The number of carbonyl (C=O) groups is 1. The molecule has 0 spiro atoms. The Morgan fingerprint density at radius 2 is 1.84 bits per heavy atom. The predicted octanol–water partition coefficient (Wildman–Crippen LogP) is 3.42. The van der Waals surface area contributed by atoms with Gasteiger partial charge < -0.3 is 4.90 Å². The van der Waals surface area contributed by atoms with E-state index in [1.54, 1.807) is 17.9 Å². The molecule has 2 heterocycles. The summed E-state index contributed by atoms with van der Waals surface area (Å²) in [6.07, 6.45) is 2.27. The van der Waals surface area contributed by atoms with Crippen molar-refractivity contribution in [1.82, 2.24) is 4.31 Å². The van der Waals surface area contributed by atoms with E-state index in [0.717, 1.165) is 24.5 Å². The largest absolute Gasteiger partial charge is 0.312 e. The van der Waals surface area contributed by atoms with Crippen LogP contribution >= 0.6 is 0 Å². The minimum Gasteiger partial charge on any atom is -0.312 e. The van der Waals surface area contributed by atoms with Crippen molar-refractivity contribution in [2.75, 3.05) is 24.5 Å². The number of piperidine rings is 1. The summed E-state index contributed by atoms with van der Waals surface area (Å²) in [5.74, 6) is -0.862. The molecule has 0 aromatic heterocycles. The van der Waals surface area contributed by atoms with Crippen molar-refractivity contribution < 1.29 is 22.5 Å². The number of benzene rings is 2. The molecule has 0 bridgehead atoms. The molecule has 0 unspecified atom stereocenters. The van der Waals surface area contributed by atoms with E-state index in [4.69, 9.17) is 0 Å². The van der Waals surface area contributed by atoms with Gasteiger partial charge in [0, 0.05) is 43.4 Å². The van der Waals surface area contributed by atoms with E-state index in [1.165, 1.54) is 28.6 Å². The van der Waals surface area contributed by atoms with Gasteiger partial charge in [0.05, 0.1) is 9.82 Å². The van der Waals surface area contributed by atoms with Crippen LogP contribution in [0.5, 0.6) is 0 Å². The van der Waals surface area contributed by atoms with Gasteiger partial charge in [0.2, 0.25) is 15.9 Å². The molecule has 1 amide bonds. The van der Waals surface area contributed by atoms with E-state index in [2.05, 4.69) is 0 Å². The number of nitro benzene ring substituents is 1. The van der Waals surface area contributed by atoms with E-state index in [-0.39, 0.29) is 35.5 Å². The molecule has 2 aromatic carbocycles. The standard InChI is InChI=1S/C22H24FN3O5S/c1-15-4-7-19(26(28)29)14-21(15)32(30,31)24-11-8-17(9-12-24)22(27)25-10-2-3-16-5-6-18(23)13-20(16)25/h4-7,13-14,17H,2-3,8-12H2,1H3. The van der Waals surface area contributed by atoms with Crippen molar-refractivity contribution in [1.29, 1.82) is 0 Å². The fourth-order valence-electron chi connectivity index (χ4n) is 4.46. The lowest BCUT2D eigenvalue weighted by molar-refractivity contribution is -0.385. The summed E-state index contributed by atoms with van der Waals surface area (Å²) in [6.45, 7) is 2.40. The highest BCUT2D eigenvalue weighted by Gasteiger charge is 2.36. The van der Waals surface area contributed by atoms with E-state index < -0.39 is 20.8 Å². The lowest BCUT2D eigenvalue weighted by Crippen LogP contribution is -2.45. The second-order valence-electron chi connectivity index (χ2n) is 8.25. The molecule has 0 saturated carbocycles. The lowest BCUT2D eigenvalue weighted by atomic mass is 9.94. The van der Waals surface area contributed by atoms with Crippen LogP contribution in [0.15, 0.2) is 41.3 Å². The average molecular weight is 462 g/mol. The highest BCUT2D eigenvalue weighted by molar-refractivity contribution is 7.89.